The molecule has 1 N–H and O–H groups in total. The van der Waals surface area contributed by atoms with Crippen LogP contribution in [0.4, 0.5) is 4.39 Å². The van der Waals surface area contributed by atoms with Crippen molar-refractivity contribution < 1.29 is 13.9 Å². The lowest BCUT2D eigenvalue weighted by Crippen LogP contribution is -2.33. The lowest BCUT2D eigenvalue weighted by molar-refractivity contribution is -0.134. The number of carbonyl (C=O) groups excluding carboxylic acids is 1. The molecule has 1 aliphatic rings. The zero-order valence-corrected chi connectivity index (χ0v) is 23.1. The average molecular weight is 538 g/mol. The van der Waals surface area contributed by atoms with E-state index in [1.165, 1.54) is 6.07 Å². The largest absolute Gasteiger partial charge is 0.496 e. The first-order valence-electron chi connectivity index (χ1n) is 13.0. The van der Waals surface area contributed by atoms with E-state index < -0.39 is 5.82 Å². The molecule has 0 saturated heterocycles. The highest BCUT2D eigenvalue weighted by atomic mass is 35.5. The Hall–Kier alpha value is -3.39. The quantitative estimate of drug-likeness (QED) is 0.304. The van der Waals surface area contributed by atoms with E-state index in [1.807, 2.05) is 39.6 Å². The highest BCUT2D eigenvalue weighted by Crippen LogP contribution is 2.41. The average Bonchev–Trinajstić information content (AvgIpc) is 3.52. The topological polar surface area (TPSA) is 76.0 Å². The highest BCUT2D eigenvalue weighted by Gasteiger charge is 2.29. The number of amides is 1. The summed E-state index contributed by atoms with van der Waals surface area (Å²) < 4.78 is 22.0. The molecule has 0 radical (unpaired) electrons. The zero-order chi connectivity index (χ0) is 27.1. The number of methoxy groups -OCH3 is 1. The van der Waals surface area contributed by atoms with Crippen molar-refractivity contribution in [1.29, 1.82) is 0 Å². The molecule has 0 bridgehead atoms. The summed E-state index contributed by atoms with van der Waals surface area (Å²) in [6.45, 7) is 4.07. The standard InChI is InChI=1S/C29H33ClFN5O2/c1-16(26-25(38-5)11-10-24(31)27(26)30)22-14-33-28-21(22)12-19(13-32-28)23-15-34-36(17(23)2)20-8-6-18(7-9-20)29(37)35(3)4/h10-16,18,20H,6-9H2,1-5H3,(H,32,33)/t16-,18-,20-/m0/s1. The summed E-state index contributed by atoms with van der Waals surface area (Å²) in [6, 6.07) is 5.30. The molecule has 1 aromatic carbocycles. The summed E-state index contributed by atoms with van der Waals surface area (Å²) in [5.74, 6) is 0.150. The molecule has 1 saturated carbocycles. The number of H-pyrrole nitrogens is 1. The molecule has 9 heteroatoms. The smallest absolute Gasteiger partial charge is 0.225 e. The van der Waals surface area contributed by atoms with Crippen molar-refractivity contribution in [2.45, 2.75) is 51.5 Å². The van der Waals surface area contributed by atoms with Gasteiger partial charge in [-0.1, -0.05) is 18.5 Å². The molecule has 5 rings (SSSR count). The van der Waals surface area contributed by atoms with Crippen LogP contribution in [0.1, 0.15) is 61.4 Å². The van der Waals surface area contributed by atoms with E-state index in [-0.39, 0.29) is 28.8 Å². The van der Waals surface area contributed by atoms with E-state index in [9.17, 15) is 9.18 Å². The van der Waals surface area contributed by atoms with Gasteiger partial charge in [0, 0.05) is 66.1 Å². The van der Waals surface area contributed by atoms with Crippen LogP contribution in [0.3, 0.4) is 0 Å². The van der Waals surface area contributed by atoms with E-state index in [0.29, 0.717) is 11.3 Å². The Morgan fingerprint density at radius 3 is 2.66 bits per heavy atom. The monoisotopic (exact) mass is 537 g/mol. The maximum absolute atomic E-state index is 14.4. The van der Waals surface area contributed by atoms with Crippen LogP contribution in [0.2, 0.25) is 5.02 Å². The Morgan fingerprint density at radius 1 is 1.24 bits per heavy atom. The molecular weight excluding hydrogens is 505 g/mol. The lowest BCUT2D eigenvalue weighted by atomic mass is 9.85. The number of nitrogens with one attached hydrogen (secondary N) is 1. The molecule has 0 spiro atoms. The van der Waals surface area contributed by atoms with Gasteiger partial charge < -0.3 is 14.6 Å². The number of pyridine rings is 1. The number of hydrogen-bond acceptors (Lipinski definition) is 4. The maximum Gasteiger partial charge on any atom is 0.225 e. The van der Waals surface area contributed by atoms with Crippen molar-refractivity contribution in [3.8, 4) is 16.9 Å². The van der Waals surface area contributed by atoms with E-state index in [0.717, 1.165) is 59.1 Å². The molecular formula is C29H33ClFN5O2. The maximum atomic E-state index is 14.4. The van der Waals surface area contributed by atoms with Crippen LogP contribution in [0.15, 0.2) is 36.8 Å². The number of fused-ring (bicyclic) bond motifs is 1. The number of benzene rings is 1. The third-order valence-corrected chi connectivity index (χ3v) is 8.35. The second-order valence-corrected chi connectivity index (χ2v) is 10.8. The fourth-order valence-corrected chi connectivity index (χ4v) is 6.14. The van der Waals surface area contributed by atoms with Crippen LogP contribution in [-0.4, -0.2) is 51.8 Å². The van der Waals surface area contributed by atoms with Gasteiger partial charge in [-0.25, -0.2) is 9.37 Å². The fraction of sp³-hybridized carbons (Fsp3) is 0.414. The number of aromatic amines is 1. The van der Waals surface area contributed by atoms with Gasteiger partial charge in [-0.2, -0.15) is 5.10 Å². The van der Waals surface area contributed by atoms with Gasteiger partial charge in [0.15, 0.2) is 0 Å². The molecule has 1 amide bonds. The van der Waals surface area contributed by atoms with Gasteiger partial charge in [0.25, 0.3) is 0 Å². The van der Waals surface area contributed by atoms with Gasteiger partial charge in [-0.15, -0.1) is 0 Å². The number of rotatable bonds is 6. The van der Waals surface area contributed by atoms with Crippen LogP contribution >= 0.6 is 11.6 Å². The minimum atomic E-state index is -0.476. The van der Waals surface area contributed by atoms with Crippen LogP contribution in [-0.2, 0) is 4.79 Å². The molecule has 7 nitrogen and oxygen atoms in total. The molecule has 1 aliphatic carbocycles. The zero-order valence-electron chi connectivity index (χ0n) is 22.4. The Bertz CT molecular complexity index is 1490. The first kappa shape index (κ1) is 26.2. The molecule has 1 atom stereocenters. The van der Waals surface area contributed by atoms with Crippen molar-refractivity contribution in [3.63, 3.8) is 0 Å². The second kappa shape index (κ2) is 10.4. The number of ether oxygens (including phenoxy) is 1. The Kier molecular flexibility index (Phi) is 7.18. The third-order valence-electron chi connectivity index (χ3n) is 7.96. The van der Waals surface area contributed by atoms with Crippen molar-refractivity contribution >= 4 is 28.5 Å². The Morgan fingerprint density at radius 2 is 1.97 bits per heavy atom. The summed E-state index contributed by atoms with van der Waals surface area (Å²) in [7, 11) is 5.20. The summed E-state index contributed by atoms with van der Waals surface area (Å²) in [5.41, 5.74) is 5.36. The normalized spacial score (nSPS) is 18.5. The number of hydrogen-bond donors (Lipinski definition) is 1. The van der Waals surface area contributed by atoms with Crippen molar-refractivity contribution in [2.75, 3.05) is 21.2 Å². The van der Waals surface area contributed by atoms with Crippen molar-refractivity contribution in [3.05, 3.63) is 64.5 Å². The van der Waals surface area contributed by atoms with E-state index in [4.69, 9.17) is 21.4 Å². The molecule has 1 fully saturated rings. The summed E-state index contributed by atoms with van der Waals surface area (Å²) in [5, 5.41) is 5.75. The van der Waals surface area contributed by atoms with Gasteiger partial charge in [-0.05, 0) is 56.4 Å². The summed E-state index contributed by atoms with van der Waals surface area (Å²) in [4.78, 5) is 22.0. The molecule has 3 heterocycles. The van der Waals surface area contributed by atoms with Crippen LogP contribution in [0.5, 0.6) is 5.75 Å². The first-order valence-corrected chi connectivity index (χ1v) is 13.3. The highest BCUT2D eigenvalue weighted by molar-refractivity contribution is 6.31. The van der Waals surface area contributed by atoms with Gasteiger partial charge in [0.05, 0.1) is 24.4 Å². The van der Waals surface area contributed by atoms with Crippen LogP contribution < -0.4 is 4.74 Å². The fourth-order valence-electron chi connectivity index (χ4n) is 5.82. The van der Waals surface area contributed by atoms with Crippen LogP contribution in [0, 0.1) is 18.7 Å². The van der Waals surface area contributed by atoms with E-state index >= 15 is 0 Å². The molecule has 38 heavy (non-hydrogen) atoms. The molecule has 3 aromatic heterocycles. The predicted octanol–water partition coefficient (Wildman–Crippen LogP) is 6.51. The number of carbonyl (C=O) groups is 1. The minimum Gasteiger partial charge on any atom is -0.496 e. The second-order valence-electron chi connectivity index (χ2n) is 10.4. The van der Waals surface area contributed by atoms with Crippen molar-refractivity contribution in [1.82, 2.24) is 24.6 Å². The number of aromatic nitrogens is 4. The molecule has 0 unspecified atom stereocenters. The summed E-state index contributed by atoms with van der Waals surface area (Å²) >= 11 is 6.39. The molecule has 200 valence electrons. The van der Waals surface area contributed by atoms with Gasteiger partial charge in [-0.3, -0.25) is 9.48 Å². The summed E-state index contributed by atoms with van der Waals surface area (Å²) in [6.07, 6.45) is 9.26. The van der Waals surface area contributed by atoms with Gasteiger partial charge in [0.2, 0.25) is 5.91 Å². The van der Waals surface area contributed by atoms with Crippen molar-refractivity contribution in [2.24, 2.45) is 5.92 Å². The van der Waals surface area contributed by atoms with E-state index in [2.05, 4.69) is 27.6 Å². The number of nitrogens with zero attached hydrogens (tertiary/aromatic N) is 4. The number of halogens is 2. The van der Waals surface area contributed by atoms with Gasteiger partial charge >= 0.3 is 0 Å². The van der Waals surface area contributed by atoms with Crippen LogP contribution in [0.25, 0.3) is 22.2 Å². The third kappa shape index (κ3) is 4.55. The van der Waals surface area contributed by atoms with Gasteiger partial charge in [0.1, 0.15) is 17.2 Å². The molecule has 4 aromatic rings. The Labute approximate surface area is 227 Å². The van der Waals surface area contributed by atoms with E-state index in [1.54, 1.807) is 18.1 Å². The minimum absolute atomic E-state index is 0.0643. The first-order chi connectivity index (χ1) is 18.2. The lowest BCUT2D eigenvalue weighted by Gasteiger charge is -2.30. The molecule has 0 aliphatic heterocycles. The SMILES string of the molecule is COc1ccc(F)c(Cl)c1[C@@H](C)c1c[nH]c2ncc(-c3cnn([C@H]4CC[C@H](C(=O)N(C)C)CC4)c3C)cc12. The predicted molar refractivity (Wildman–Crippen MR) is 147 cm³/mol. The Balaban J connectivity index is 1.45.